The molecule has 2 heterocycles. The second kappa shape index (κ2) is 14.2. The van der Waals surface area contributed by atoms with Crippen molar-refractivity contribution in [2.75, 3.05) is 0 Å². The normalized spacial score (nSPS) is 16.8. The largest absolute Gasteiger partial charge is 0.416 e. The number of rotatable bonds is 6. The van der Waals surface area contributed by atoms with Crippen molar-refractivity contribution < 1.29 is 35.9 Å². The number of carbonyl (C=O) groups is 2. The highest BCUT2D eigenvalue weighted by atomic mass is 19.4. The molecular formula is C36H34F6N4O2. The SMILES string of the molecule is CCC(=O)NC1CCc2c(-c3ccc(C(F)(F)F)cc3)cncc21.CCC(=O)NC1CCc2c(-c3ccc(C(F)(F)F)cc3)cncc21. The minimum atomic E-state index is -4.34. The summed E-state index contributed by atoms with van der Waals surface area (Å²) in [5.74, 6) is -0.0411. The minimum absolute atomic E-state index is 0.0206. The van der Waals surface area contributed by atoms with Crippen molar-refractivity contribution in [1.82, 2.24) is 20.6 Å². The van der Waals surface area contributed by atoms with E-state index in [1.807, 2.05) is 0 Å². The van der Waals surface area contributed by atoms with Crippen molar-refractivity contribution in [3.63, 3.8) is 0 Å². The third-order valence-electron chi connectivity index (χ3n) is 8.66. The number of pyridine rings is 2. The van der Waals surface area contributed by atoms with Crippen LogP contribution in [0.4, 0.5) is 26.3 Å². The zero-order chi connectivity index (χ0) is 34.6. The van der Waals surface area contributed by atoms with Crippen LogP contribution in [-0.2, 0) is 34.8 Å². The van der Waals surface area contributed by atoms with Crippen LogP contribution in [0.3, 0.4) is 0 Å². The standard InChI is InChI=1S/2C18H17F3N2O/c2*1-2-17(24)23-16-8-7-13-14(9-22-10-15(13)16)11-3-5-12(6-4-11)18(19,20)21/h2*3-6,9-10,16H,2,7-8H2,1H3,(H,23,24). The van der Waals surface area contributed by atoms with E-state index in [9.17, 15) is 35.9 Å². The molecule has 2 aromatic heterocycles. The number of amides is 2. The van der Waals surface area contributed by atoms with Crippen LogP contribution in [0.25, 0.3) is 22.3 Å². The van der Waals surface area contributed by atoms with Crippen LogP contribution in [0, 0.1) is 0 Å². The first-order valence-corrected chi connectivity index (χ1v) is 15.7. The van der Waals surface area contributed by atoms with Crippen LogP contribution in [0.5, 0.6) is 0 Å². The van der Waals surface area contributed by atoms with E-state index in [2.05, 4.69) is 20.6 Å². The molecular weight excluding hydrogens is 634 g/mol. The zero-order valence-electron chi connectivity index (χ0n) is 26.3. The summed E-state index contributed by atoms with van der Waals surface area (Å²) in [4.78, 5) is 31.7. The first-order valence-electron chi connectivity index (χ1n) is 15.7. The second-order valence-corrected chi connectivity index (χ2v) is 11.7. The molecule has 0 bridgehead atoms. The van der Waals surface area contributed by atoms with Crippen LogP contribution in [-0.4, -0.2) is 21.8 Å². The summed E-state index contributed by atoms with van der Waals surface area (Å²) < 4.78 is 76.2. The molecule has 0 saturated heterocycles. The monoisotopic (exact) mass is 668 g/mol. The average Bonchev–Trinajstić information content (AvgIpc) is 3.68. The Balaban J connectivity index is 0.000000188. The van der Waals surface area contributed by atoms with Gasteiger partial charge in [-0.25, -0.2) is 0 Å². The molecule has 0 saturated carbocycles. The van der Waals surface area contributed by atoms with Crippen LogP contribution in [0.2, 0.25) is 0 Å². The highest BCUT2D eigenvalue weighted by Crippen LogP contribution is 2.39. The summed E-state index contributed by atoms with van der Waals surface area (Å²) in [5.41, 5.74) is 5.73. The van der Waals surface area contributed by atoms with E-state index in [1.165, 1.54) is 24.3 Å². The fourth-order valence-electron chi connectivity index (χ4n) is 6.12. The maximum atomic E-state index is 12.7. The Bertz CT molecular complexity index is 1640. The van der Waals surface area contributed by atoms with E-state index in [1.54, 1.807) is 38.6 Å². The van der Waals surface area contributed by atoms with Gasteiger partial charge in [0.25, 0.3) is 0 Å². The van der Waals surface area contributed by atoms with Crippen molar-refractivity contribution in [3.05, 3.63) is 107 Å². The van der Waals surface area contributed by atoms with Crippen molar-refractivity contribution in [2.45, 2.75) is 76.8 Å². The zero-order valence-corrected chi connectivity index (χ0v) is 26.3. The highest BCUT2D eigenvalue weighted by Gasteiger charge is 2.32. The van der Waals surface area contributed by atoms with Gasteiger partial charge >= 0.3 is 12.4 Å². The van der Waals surface area contributed by atoms with E-state index in [0.717, 1.165) is 83.3 Å². The quantitative estimate of drug-likeness (QED) is 0.202. The summed E-state index contributed by atoms with van der Waals surface area (Å²) in [6.07, 6.45) is 2.04. The van der Waals surface area contributed by atoms with E-state index in [-0.39, 0.29) is 23.9 Å². The number of halogens is 6. The van der Waals surface area contributed by atoms with Gasteiger partial charge in [-0.1, -0.05) is 38.1 Å². The third kappa shape index (κ3) is 7.69. The topological polar surface area (TPSA) is 84.0 Å². The number of hydrogen-bond acceptors (Lipinski definition) is 4. The highest BCUT2D eigenvalue weighted by molar-refractivity contribution is 5.78. The molecule has 0 spiro atoms. The number of fused-ring (bicyclic) bond motifs is 2. The lowest BCUT2D eigenvalue weighted by atomic mass is 9.98. The molecule has 2 amide bonds. The minimum Gasteiger partial charge on any atom is -0.349 e. The molecule has 2 atom stereocenters. The third-order valence-corrected chi connectivity index (χ3v) is 8.66. The number of alkyl halides is 6. The van der Waals surface area contributed by atoms with E-state index in [0.29, 0.717) is 24.0 Å². The molecule has 2 aromatic carbocycles. The summed E-state index contributed by atoms with van der Waals surface area (Å²) in [7, 11) is 0. The Labute approximate surface area is 274 Å². The van der Waals surface area contributed by atoms with Gasteiger partial charge in [0.2, 0.25) is 11.8 Å². The van der Waals surface area contributed by atoms with Crippen molar-refractivity contribution in [3.8, 4) is 22.3 Å². The summed E-state index contributed by atoms with van der Waals surface area (Å²) in [6, 6.07) is 10.1. The number of benzene rings is 2. The Kier molecular flexibility index (Phi) is 10.2. The van der Waals surface area contributed by atoms with Crippen LogP contribution >= 0.6 is 0 Å². The summed E-state index contributed by atoms with van der Waals surface area (Å²) in [5, 5.41) is 5.93. The van der Waals surface area contributed by atoms with E-state index in [4.69, 9.17) is 0 Å². The number of hydrogen-bond donors (Lipinski definition) is 2. The summed E-state index contributed by atoms with van der Waals surface area (Å²) >= 11 is 0. The first kappa shape index (κ1) is 34.6. The predicted molar refractivity (Wildman–Crippen MR) is 168 cm³/mol. The lowest BCUT2D eigenvalue weighted by Crippen LogP contribution is -2.26. The first-order chi connectivity index (χ1) is 22.8. The molecule has 2 unspecified atom stereocenters. The molecule has 0 radical (unpaired) electrons. The van der Waals surface area contributed by atoms with Gasteiger partial charge in [0.15, 0.2) is 0 Å². The Morgan fingerprint density at radius 2 is 0.979 bits per heavy atom. The van der Waals surface area contributed by atoms with Crippen LogP contribution < -0.4 is 10.6 Å². The van der Waals surface area contributed by atoms with Gasteiger partial charge in [-0.15, -0.1) is 0 Å². The van der Waals surface area contributed by atoms with Gasteiger partial charge in [0.05, 0.1) is 23.2 Å². The molecule has 2 aliphatic rings. The number of nitrogens with one attached hydrogen (secondary N) is 2. The molecule has 0 aliphatic heterocycles. The molecule has 2 aliphatic carbocycles. The number of carbonyl (C=O) groups excluding carboxylic acids is 2. The van der Waals surface area contributed by atoms with Gasteiger partial charge in [0, 0.05) is 48.8 Å². The van der Waals surface area contributed by atoms with E-state index >= 15 is 0 Å². The molecule has 2 N–H and O–H groups in total. The molecule has 252 valence electrons. The fourth-order valence-corrected chi connectivity index (χ4v) is 6.12. The van der Waals surface area contributed by atoms with Gasteiger partial charge < -0.3 is 10.6 Å². The maximum Gasteiger partial charge on any atom is 0.416 e. The molecule has 4 aromatic rings. The van der Waals surface area contributed by atoms with Crippen molar-refractivity contribution >= 4 is 11.8 Å². The maximum absolute atomic E-state index is 12.7. The van der Waals surface area contributed by atoms with Crippen LogP contribution in [0.1, 0.15) is 85.0 Å². The van der Waals surface area contributed by atoms with Gasteiger partial charge in [-0.05, 0) is 83.3 Å². The molecule has 6 nitrogen and oxygen atoms in total. The molecule has 0 fully saturated rings. The van der Waals surface area contributed by atoms with Gasteiger partial charge in [-0.2, -0.15) is 26.3 Å². The molecule has 6 rings (SSSR count). The molecule has 12 heteroatoms. The average molecular weight is 669 g/mol. The fraction of sp³-hybridized carbons (Fsp3) is 0.333. The number of nitrogens with zero attached hydrogens (tertiary/aromatic N) is 2. The van der Waals surface area contributed by atoms with Crippen LogP contribution in [0.15, 0.2) is 73.3 Å². The molecule has 48 heavy (non-hydrogen) atoms. The summed E-state index contributed by atoms with van der Waals surface area (Å²) in [6.45, 7) is 3.59. The van der Waals surface area contributed by atoms with E-state index < -0.39 is 23.5 Å². The van der Waals surface area contributed by atoms with Gasteiger partial charge in [-0.3, -0.25) is 19.6 Å². The van der Waals surface area contributed by atoms with Gasteiger partial charge in [0.1, 0.15) is 0 Å². The van der Waals surface area contributed by atoms with Crippen molar-refractivity contribution in [2.24, 2.45) is 0 Å². The predicted octanol–water partition coefficient (Wildman–Crippen LogP) is 8.56. The lowest BCUT2D eigenvalue weighted by molar-refractivity contribution is -0.138. The Hall–Kier alpha value is -4.74. The second-order valence-electron chi connectivity index (χ2n) is 11.7. The smallest absolute Gasteiger partial charge is 0.349 e. The number of aromatic nitrogens is 2. The lowest BCUT2D eigenvalue weighted by Gasteiger charge is -2.14. The van der Waals surface area contributed by atoms with Crippen molar-refractivity contribution in [1.29, 1.82) is 0 Å². The Morgan fingerprint density at radius 1 is 0.625 bits per heavy atom. The Morgan fingerprint density at radius 3 is 1.29 bits per heavy atom.